The number of carbonyl (C=O) groups excluding carboxylic acids is 2. The lowest BCUT2D eigenvalue weighted by Gasteiger charge is -2.09. The highest BCUT2D eigenvalue weighted by Gasteiger charge is 2.17. The van der Waals surface area contributed by atoms with Crippen LogP contribution in [-0.2, 0) is 9.53 Å². The van der Waals surface area contributed by atoms with Crippen LogP contribution in [-0.4, -0.2) is 38.4 Å². The fraction of sp³-hybridized carbons (Fsp3) is 0.238. The van der Waals surface area contributed by atoms with Gasteiger partial charge in [-0.25, -0.2) is 4.79 Å². The largest absolute Gasteiger partial charge is 0.489 e. The van der Waals surface area contributed by atoms with Crippen molar-refractivity contribution in [1.29, 1.82) is 0 Å². The van der Waals surface area contributed by atoms with Gasteiger partial charge in [-0.05, 0) is 42.0 Å². The van der Waals surface area contributed by atoms with Crippen LogP contribution in [0.25, 0.3) is 6.08 Å². The van der Waals surface area contributed by atoms with Gasteiger partial charge < -0.3 is 23.7 Å². The van der Waals surface area contributed by atoms with E-state index in [1.807, 2.05) is 0 Å². The molecule has 4 rings (SSSR count). The van der Waals surface area contributed by atoms with Crippen LogP contribution in [0.2, 0.25) is 5.02 Å². The number of fused-ring (bicyclic) bond motifs is 2. The molecule has 0 N–H and O–H groups in total. The lowest BCUT2D eigenvalue weighted by molar-refractivity contribution is -0.136. The first-order valence-corrected chi connectivity index (χ1v) is 9.35. The summed E-state index contributed by atoms with van der Waals surface area (Å²) in [7, 11) is 0. The molecule has 0 spiro atoms. The summed E-state index contributed by atoms with van der Waals surface area (Å²) in [6.45, 7) is 0.799. The summed E-state index contributed by atoms with van der Waals surface area (Å²) in [6, 6.07) is 8.20. The average molecular weight is 417 g/mol. The van der Waals surface area contributed by atoms with Crippen molar-refractivity contribution in [2.75, 3.05) is 26.6 Å². The van der Waals surface area contributed by atoms with Gasteiger partial charge in [0.25, 0.3) is 0 Å². The highest BCUT2D eigenvalue weighted by Crippen LogP contribution is 2.38. The maximum Gasteiger partial charge on any atom is 0.331 e. The van der Waals surface area contributed by atoms with E-state index in [1.165, 1.54) is 12.2 Å². The zero-order valence-corrected chi connectivity index (χ0v) is 16.1. The van der Waals surface area contributed by atoms with Gasteiger partial charge >= 0.3 is 5.97 Å². The van der Waals surface area contributed by atoms with Crippen LogP contribution in [0.3, 0.4) is 0 Å². The zero-order chi connectivity index (χ0) is 20.2. The minimum Gasteiger partial charge on any atom is -0.489 e. The summed E-state index contributed by atoms with van der Waals surface area (Å²) < 4.78 is 26.6. The Balaban J connectivity index is 1.36. The molecule has 2 aliphatic heterocycles. The molecule has 0 aliphatic carbocycles. The van der Waals surface area contributed by atoms with Crippen molar-refractivity contribution in [2.24, 2.45) is 0 Å². The Kier molecular flexibility index (Phi) is 5.57. The first-order chi connectivity index (χ1) is 14.1. The fourth-order valence-electron chi connectivity index (χ4n) is 2.85. The molecule has 0 bridgehead atoms. The fourth-order valence-corrected chi connectivity index (χ4v) is 3.12. The molecule has 0 amide bonds. The molecule has 2 aromatic carbocycles. The predicted octanol–water partition coefficient (Wildman–Crippen LogP) is 3.67. The van der Waals surface area contributed by atoms with Crippen LogP contribution in [0.5, 0.6) is 23.0 Å². The Hall–Kier alpha value is -3.19. The topological polar surface area (TPSA) is 80.3 Å². The molecule has 0 unspecified atom stereocenters. The van der Waals surface area contributed by atoms with Crippen LogP contribution in [0, 0.1) is 0 Å². The Labute approximate surface area is 171 Å². The summed E-state index contributed by atoms with van der Waals surface area (Å²) in [5.74, 6) is 1.11. The predicted molar refractivity (Wildman–Crippen MR) is 104 cm³/mol. The van der Waals surface area contributed by atoms with E-state index in [1.54, 1.807) is 30.3 Å². The molecule has 0 fully saturated rings. The number of halogens is 1. The summed E-state index contributed by atoms with van der Waals surface area (Å²) in [5.41, 5.74) is 1.03. The molecule has 2 heterocycles. The number of Topliss-reactive ketones (excluding diaryl/α,β-unsaturated/α-hetero) is 1. The lowest BCUT2D eigenvalue weighted by Crippen LogP contribution is -2.12. The SMILES string of the molecule is O=C(/C=C/c1cc(Cl)c2c(c1)OCCCO2)OCC(=O)c1ccc2c(c1)OCO2. The summed E-state index contributed by atoms with van der Waals surface area (Å²) in [4.78, 5) is 24.2. The number of benzene rings is 2. The third kappa shape index (κ3) is 4.46. The van der Waals surface area contributed by atoms with Crippen molar-refractivity contribution in [3.63, 3.8) is 0 Å². The highest BCUT2D eigenvalue weighted by atomic mass is 35.5. The summed E-state index contributed by atoms with van der Waals surface area (Å²) in [6.07, 6.45) is 3.52. The van der Waals surface area contributed by atoms with E-state index < -0.39 is 5.97 Å². The monoisotopic (exact) mass is 416 g/mol. The molecule has 0 atom stereocenters. The van der Waals surface area contributed by atoms with E-state index in [4.69, 9.17) is 35.3 Å². The van der Waals surface area contributed by atoms with Crippen molar-refractivity contribution in [2.45, 2.75) is 6.42 Å². The number of hydrogen-bond acceptors (Lipinski definition) is 7. The molecule has 0 saturated heterocycles. The highest BCUT2D eigenvalue weighted by molar-refractivity contribution is 6.32. The van der Waals surface area contributed by atoms with Crippen molar-refractivity contribution < 1.29 is 33.3 Å². The second kappa shape index (κ2) is 8.45. The second-order valence-corrected chi connectivity index (χ2v) is 6.72. The van der Waals surface area contributed by atoms with E-state index in [-0.39, 0.29) is 19.2 Å². The van der Waals surface area contributed by atoms with E-state index in [2.05, 4.69) is 0 Å². The van der Waals surface area contributed by atoms with Crippen molar-refractivity contribution in [1.82, 2.24) is 0 Å². The van der Waals surface area contributed by atoms with Crippen LogP contribution in [0.1, 0.15) is 22.3 Å². The molecule has 2 aromatic rings. The third-order valence-corrected chi connectivity index (χ3v) is 4.56. The molecule has 0 aromatic heterocycles. The molecule has 8 heteroatoms. The van der Waals surface area contributed by atoms with Gasteiger partial charge in [-0.1, -0.05) is 11.6 Å². The number of carbonyl (C=O) groups is 2. The van der Waals surface area contributed by atoms with E-state index >= 15 is 0 Å². The number of ketones is 1. The number of hydrogen-bond donors (Lipinski definition) is 0. The van der Waals surface area contributed by atoms with Crippen molar-refractivity contribution in [3.8, 4) is 23.0 Å². The maximum absolute atomic E-state index is 12.2. The standard InChI is InChI=1S/C21H17ClO7/c22-15-8-13(9-19-21(15)26-7-1-6-25-19)2-5-20(24)27-11-16(23)14-3-4-17-18(10-14)29-12-28-17/h2-5,8-10H,1,6-7,11-12H2/b5-2+. The molecule has 150 valence electrons. The molecule has 0 radical (unpaired) electrons. The zero-order valence-electron chi connectivity index (χ0n) is 15.3. The Morgan fingerprint density at radius 3 is 2.72 bits per heavy atom. The van der Waals surface area contributed by atoms with Gasteiger partial charge in [-0.3, -0.25) is 4.79 Å². The lowest BCUT2D eigenvalue weighted by atomic mass is 10.1. The van der Waals surface area contributed by atoms with Gasteiger partial charge in [0.05, 0.1) is 18.2 Å². The maximum atomic E-state index is 12.2. The Morgan fingerprint density at radius 1 is 1.00 bits per heavy atom. The van der Waals surface area contributed by atoms with Gasteiger partial charge in [0.1, 0.15) is 0 Å². The first-order valence-electron chi connectivity index (χ1n) is 8.97. The molecule has 7 nitrogen and oxygen atoms in total. The van der Waals surface area contributed by atoms with Gasteiger partial charge in [0.2, 0.25) is 6.79 Å². The third-order valence-electron chi connectivity index (χ3n) is 4.28. The smallest absolute Gasteiger partial charge is 0.331 e. The van der Waals surface area contributed by atoms with Crippen LogP contribution in [0.4, 0.5) is 0 Å². The number of rotatable bonds is 5. The summed E-state index contributed by atoms with van der Waals surface area (Å²) >= 11 is 6.23. The molecule has 2 aliphatic rings. The normalized spacial score (nSPS) is 14.5. The molecule has 29 heavy (non-hydrogen) atoms. The van der Waals surface area contributed by atoms with Crippen LogP contribution >= 0.6 is 11.6 Å². The minimum absolute atomic E-state index is 0.122. The summed E-state index contributed by atoms with van der Waals surface area (Å²) in [5, 5.41) is 0.399. The molecular formula is C21H17ClO7. The van der Waals surface area contributed by atoms with E-state index in [0.717, 1.165) is 6.42 Å². The first kappa shape index (κ1) is 19.1. The van der Waals surface area contributed by atoms with E-state index in [0.29, 0.717) is 52.4 Å². The Bertz CT molecular complexity index is 983. The number of ether oxygens (including phenoxy) is 5. The number of esters is 1. The molecule has 0 saturated carbocycles. The Morgan fingerprint density at radius 2 is 1.83 bits per heavy atom. The van der Waals surface area contributed by atoms with Crippen molar-refractivity contribution >= 4 is 29.4 Å². The van der Waals surface area contributed by atoms with Gasteiger partial charge in [-0.15, -0.1) is 0 Å². The van der Waals surface area contributed by atoms with Crippen LogP contribution < -0.4 is 18.9 Å². The van der Waals surface area contributed by atoms with Crippen molar-refractivity contribution in [3.05, 3.63) is 52.6 Å². The second-order valence-electron chi connectivity index (χ2n) is 6.31. The van der Waals surface area contributed by atoms with Gasteiger partial charge in [-0.2, -0.15) is 0 Å². The molecular weight excluding hydrogens is 400 g/mol. The average Bonchev–Trinajstić information content (AvgIpc) is 3.06. The van der Waals surface area contributed by atoms with Crippen LogP contribution in [0.15, 0.2) is 36.4 Å². The van der Waals surface area contributed by atoms with E-state index in [9.17, 15) is 9.59 Å². The quantitative estimate of drug-likeness (QED) is 0.418. The minimum atomic E-state index is -0.651. The van der Waals surface area contributed by atoms with Gasteiger partial charge in [0.15, 0.2) is 35.4 Å². The van der Waals surface area contributed by atoms with Gasteiger partial charge in [0, 0.05) is 18.1 Å².